The van der Waals surface area contributed by atoms with Gasteiger partial charge >= 0.3 is 0 Å². The van der Waals surface area contributed by atoms with E-state index in [-0.39, 0.29) is 0 Å². The summed E-state index contributed by atoms with van der Waals surface area (Å²) in [7, 11) is 0. The molecule has 3 heteroatoms. The van der Waals surface area contributed by atoms with Gasteiger partial charge in [-0.15, -0.1) is 0 Å². The fourth-order valence-corrected chi connectivity index (χ4v) is 2.05. The standard InChI is InChI=1S/C13H15N3/c1-3-16-10(2)15-12-9-11(5-4-8-14)6-7-13(12)16/h6-7,9H,3-5H2,1-2H3. The predicted molar refractivity (Wildman–Crippen MR) is 64.1 cm³/mol. The van der Waals surface area contributed by atoms with E-state index in [1.165, 1.54) is 11.1 Å². The maximum atomic E-state index is 8.56. The van der Waals surface area contributed by atoms with Crippen molar-refractivity contribution in [1.82, 2.24) is 9.55 Å². The molecule has 0 aliphatic carbocycles. The van der Waals surface area contributed by atoms with Crippen LogP contribution in [0.5, 0.6) is 0 Å². The first-order valence-corrected chi connectivity index (χ1v) is 5.59. The normalized spacial score (nSPS) is 10.6. The molecule has 0 atom stereocenters. The van der Waals surface area contributed by atoms with Crippen LogP contribution in [-0.2, 0) is 13.0 Å². The van der Waals surface area contributed by atoms with Gasteiger partial charge in [0.25, 0.3) is 0 Å². The first-order chi connectivity index (χ1) is 7.76. The Morgan fingerprint density at radius 1 is 1.44 bits per heavy atom. The molecule has 0 aliphatic rings. The molecular formula is C13H15N3. The highest BCUT2D eigenvalue weighted by molar-refractivity contribution is 5.76. The van der Waals surface area contributed by atoms with Gasteiger partial charge in [-0.1, -0.05) is 6.07 Å². The van der Waals surface area contributed by atoms with Crippen LogP contribution in [0.3, 0.4) is 0 Å². The third-order valence-corrected chi connectivity index (χ3v) is 2.85. The number of aromatic nitrogens is 2. The molecule has 1 aromatic carbocycles. The molecule has 16 heavy (non-hydrogen) atoms. The molecule has 0 spiro atoms. The van der Waals surface area contributed by atoms with Gasteiger partial charge in [-0.05, 0) is 38.0 Å². The molecule has 0 fully saturated rings. The van der Waals surface area contributed by atoms with Crippen LogP contribution in [0.15, 0.2) is 18.2 Å². The lowest BCUT2D eigenvalue weighted by molar-refractivity contribution is 0.753. The minimum atomic E-state index is 0.568. The Bertz CT molecular complexity index is 546. The van der Waals surface area contributed by atoms with Crippen molar-refractivity contribution >= 4 is 11.0 Å². The van der Waals surface area contributed by atoms with Crippen LogP contribution in [0.1, 0.15) is 24.7 Å². The van der Waals surface area contributed by atoms with Crippen molar-refractivity contribution < 1.29 is 0 Å². The molecule has 2 aromatic rings. The van der Waals surface area contributed by atoms with Crippen LogP contribution in [-0.4, -0.2) is 9.55 Å². The van der Waals surface area contributed by atoms with Gasteiger partial charge in [0.2, 0.25) is 0 Å². The number of nitriles is 1. The Morgan fingerprint density at radius 3 is 2.94 bits per heavy atom. The number of hydrogen-bond donors (Lipinski definition) is 0. The smallest absolute Gasteiger partial charge is 0.106 e. The van der Waals surface area contributed by atoms with E-state index in [4.69, 9.17) is 5.26 Å². The molecule has 1 aromatic heterocycles. The van der Waals surface area contributed by atoms with Crippen molar-refractivity contribution in [2.75, 3.05) is 0 Å². The second-order valence-electron chi connectivity index (χ2n) is 3.88. The molecule has 3 nitrogen and oxygen atoms in total. The summed E-state index contributed by atoms with van der Waals surface area (Å²) in [6.45, 7) is 5.09. The Labute approximate surface area is 95.3 Å². The topological polar surface area (TPSA) is 41.6 Å². The number of rotatable bonds is 3. The SMILES string of the molecule is CCn1c(C)nc2cc(CCC#N)ccc21. The molecule has 0 N–H and O–H groups in total. The summed E-state index contributed by atoms with van der Waals surface area (Å²) >= 11 is 0. The number of nitrogens with zero attached hydrogens (tertiary/aromatic N) is 3. The monoisotopic (exact) mass is 213 g/mol. The average Bonchev–Trinajstić information content (AvgIpc) is 2.60. The third kappa shape index (κ3) is 1.79. The highest BCUT2D eigenvalue weighted by Gasteiger charge is 2.06. The molecule has 0 unspecified atom stereocenters. The Hall–Kier alpha value is -1.82. The molecule has 0 radical (unpaired) electrons. The van der Waals surface area contributed by atoms with E-state index in [0.717, 1.165) is 24.3 Å². The van der Waals surface area contributed by atoms with E-state index in [0.29, 0.717) is 6.42 Å². The second kappa shape index (κ2) is 4.36. The van der Waals surface area contributed by atoms with Gasteiger partial charge < -0.3 is 4.57 Å². The molecule has 0 amide bonds. The lowest BCUT2D eigenvalue weighted by atomic mass is 10.1. The van der Waals surface area contributed by atoms with Gasteiger partial charge in [0, 0.05) is 13.0 Å². The molecular weight excluding hydrogens is 198 g/mol. The first kappa shape index (κ1) is 10.7. The van der Waals surface area contributed by atoms with Gasteiger partial charge in [-0.2, -0.15) is 5.26 Å². The minimum Gasteiger partial charge on any atom is -0.329 e. The summed E-state index contributed by atoms with van der Waals surface area (Å²) in [4.78, 5) is 4.53. The number of hydrogen-bond acceptors (Lipinski definition) is 2. The largest absolute Gasteiger partial charge is 0.329 e. The maximum absolute atomic E-state index is 8.56. The number of imidazole rings is 1. The summed E-state index contributed by atoms with van der Waals surface area (Å²) in [6, 6.07) is 8.45. The molecule has 0 bridgehead atoms. The summed E-state index contributed by atoms with van der Waals surface area (Å²) in [6.07, 6.45) is 1.38. The van der Waals surface area contributed by atoms with Gasteiger partial charge in [-0.3, -0.25) is 0 Å². The molecule has 82 valence electrons. The van der Waals surface area contributed by atoms with Gasteiger partial charge in [0.05, 0.1) is 17.1 Å². The Morgan fingerprint density at radius 2 is 2.25 bits per heavy atom. The molecule has 0 aliphatic heterocycles. The van der Waals surface area contributed by atoms with E-state index in [2.05, 4.69) is 40.7 Å². The number of fused-ring (bicyclic) bond motifs is 1. The van der Waals surface area contributed by atoms with Gasteiger partial charge in [0.1, 0.15) is 5.82 Å². The third-order valence-electron chi connectivity index (χ3n) is 2.85. The fourth-order valence-electron chi connectivity index (χ4n) is 2.05. The highest BCUT2D eigenvalue weighted by Crippen LogP contribution is 2.18. The fraction of sp³-hybridized carbons (Fsp3) is 0.385. The summed E-state index contributed by atoms with van der Waals surface area (Å²) in [5.74, 6) is 1.05. The molecule has 0 saturated heterocycles. The Balaban J connectivity index is 2.44. The van der Waals surface area contributed by atoms with E-state index >= 15 is 0 Å². The van der Waals surface area contributed by atoms with Crippen LogP contribution < -0.4 is 0 Å². The van der Waals surface area contributed by atoms with E-state index in [9.17, 15) is 0 Å². The zero-order valence-electron chi connectivity index (χ0n) is 9.70. The zero-order valence-corrected chi connectivity index (χ0v) is 9.70. The summed E-state index contributed by atoms with van der Waals surface area (Å²) < 4.78 is 2.20. The molecule has 1 heterocycles. The predicted octanol–water partition coefficient (Wildman–Crippen LogP) is 2.82. The zero-order chi connectivity index (χ0) is 11.5. The van der Waals surface area contributed by atoms with Crippen molar-refractivity contribution in [2.45, 2.75) is 33.2 Å². The quantitative estimate of drug-likeness (QED) is 0.786. The Kier molecular flexibility index (Phi) is 2.91. The van der Waals surface area contributed by atoms with Crippen molar-refractivity contribution in [1.29, 1.82) is 5.26 Å². The van der Waals surface area contributed by atoms with E-state index in [1.807, 2.05) is 6.92 Å². The van der Waals surface area contributed by atoms with Crippen LogP contribution >= 0.6 is 0 Å². The van der Waals surface area contributed by atoms with Crippen LogP contribution in [0, 0.1) is 18.3 Å². The maximum Gasteiger partial charge on any atom is 0.106 e. The minimum absolute atomic E-state index is 0.568. The van der Waals surface area contributed by atoms with E-state index in [1.54, 1.807) is 0 Å². The molecule has 0 saturated carbocycles. The average molecular weight is 213 g/mol. The van der Waals surface area contributed by atoms with Crippen LogP contribution in [0.2, 0.25) is 0 Å². The second-order valence-corrected chi connectivity index (χ2v) is 3.88. The highest BCUT2D eigenvalue weighted by atomic mass is 15.1. The van der Waals surface area contributed by atoms with Crippen molar-refractivity contribution in [3.05, 3.63) is 29.6 Å². The number of benzene rings is 1. The first-order valence-electron chi connectivity index (χ1n) is 5.59. The van der Waals surface area contributed by atoms with Crippen molar-refractivity contribution in [3.8, 4) is 6.07 Å². The van der Waals surface area contributed by atoms with Crippen LogP contribution in [0.4, 0.5) is 0 Å². The number of aryl methyl sites for hydroxylation is 3. The van der Waals surface area contributed by atoms with Crippen molar-refractivity contribution in [3.63, 3.8) is 0 Å². The molecule has 2 rings (SSSR count). The van der Waals surface area contributed by atoms with Crippen LogP contribution in [0.25, 0.3) is 11.0 Å². The van der Waals surface area contributed by atoms with Gasteiger partial charge in [0.15, 0.2) is 0 Å². The lowest BCUT2D eigenvalue weighted by Crippen LogP contribution is -1.96. The van der Waals surface area contributed by atoms with E-state index < -0.39 is 0 Å². The van der Waals surface area contributed by atoms with Gasteiger partial charge in [-0.25, -0.2) is 4.98 Å². The summed E-state index contributed by atoms with van der Waals surface area (Å²) in [5.41, 5.74) is 3.41. The van der Waals surface area contributed by atoms with Crippen molar-refractivity contribution in [2.24, 2.45) is 0 Å². The summed E-state index contributed by atoms with van der Waals surface area (Å²) in [5, 5.41) is 8.56. The lowest BCUT2D eigenvalue weighted by Gasteiger charge is -2.02.